The zero-order valence-corrected chi connectivity index (χ0v) is 4.31. The molecule has 1 heterocycles. The summed E-state index contributed by atoms with van der Waals surface area (Å²) in [5, 5.41) is 0. The van der Waals surface area contributed by atoms with Gasteiger partial charge in [-0.15, -0.1) is 8.19 Å². The first-order chi connectivity index (χ1) is 2.89. The summed E-state index contributed by atoms with van der Waals surface area (Å²) < 4.78 is 0. The molecule has 1 atom stereocenters. The minimum atomic E-state index is 0.741. The zero-order chi connectivity index (χ0) is 4.41. The summed E-state index contributed by atoms with van der Waals surface area (Å²) in [6, 6.07) is 3.91. The molecule has 1 rings (SSSR count). The smallest absolute Gasteiger partial charge is 0.0478 e. The summed E-state index contributed by atoms with van der Waals surface area (Å²) in [5.74, 6) is 2.06. The van der Waals surface area contributed by atoms with Gasteiger partial charge in [-0.2, -0.15) is 0 Å². The van der Waals surface area contributed by atoms with Crippen LogP contribution in [0.3, 0.4) is 0 Å². The van der Waals surface area contributed by atoms with Gasteiger partial charge in [0.15, 0.2) is 0 Å². The maximum Gasteiger partial charge on any atom is 0.0478 e. The Hall–Kier alpha value is -0.420. The summed E-state index contributed by atoms with van der Waals surface area (Å²) >= 11 is 0. The predicted octanol–water partition coefficient (Wildman–Crippen LogP) is 1.30. The van der Waals surface area contributed by atoms with Crippen molar-refractivity contribution >= 4 is 13.6 Å². The minimum absolute atomic E-state index is 0.741. The number of nitrogen functional groups attached to an aromatic ring is 1. The maximum atomic E-state index is 5.35. The van der Waals surface area contributed by atoms with E-state index >= 15 is 0 Å². The Balaban J connectivity index is 3.05. The van der Waals surface area contributed by atoms with Crippen LogP contribution in [0.25, 0.3) is 0 Å². The van der Waals surface area contributed by atoms with Crippen molar-refractivity contribution in [2.24, 2.45) is 0 Å². The molecule has 1 aromatic heterocycles. The van der Waals surface area contributed by atoms with Crippen LogP contribution < -0.4 is 5.73 Å². The van der Waals surface area contributed by atoms with E-state index in [-0.39, 0.29) is 0 Å². The molecule has 0 amide bonds. The first kappa shape index (κ1) is 3.76. The zero-order valence-electron chi connectivity index (χ0n) is 3.31. The lowest BCUT2D eigenvalue weighted by molar-refractivity contribution is 1.94. The van der Waals surface area contributed by atoms with Crippen molar-refractivity contribution in [2.75, 3.05) is 5.73 Å². The molecule has 0 aliphatic heterocycles. The van der Waals surface area contributed by atoms with Gasteiger partial charge in [-0.05, 0) is 11.9 Å². The van der Waals surface area contributed by atoms with Crippen molar-refractivity contribution in [1.29, 1.82) is 0 Å². The van der Waals surface area contributed by atoms with E-state index in [0.717, 1.165) is 13.6 Å². The molecule has 0 aromatic carbocycles. The SMILES string of the molecule is Nc1ccc[pH]1. The lowest BCUT2D eigenvalue weighted by atomic mass is 10.6. The van der Waals surface area contributed by atoms with Crippen molar-refractivity contribution in [3.05, 3.63) is 17.9 Å². The van der Waals surface area contributed by atoms with Gasteiger partial charge in [-0.3, -0.25) is 0 Å². The molecule has 2 N–H and O–H groups in total. The van der Waals surface area contributed by atoms with E-state index in [0.29, 0.717) is 0 Å². The van der Waals surface area contributed by atoms with Crippen molar-refractivity contribution in [2.45, 2.75) is 0 Å². The van der Waals surface area contributed by atoms with E-state index in [1.54, 1.807) is 0 Å². The number of nitrogens with two attached hydrogens (primary N) is 1. The third kappa shape index (κ3) is 0.550. The summed E-state index contributed by atoms with van der Waals surface area (Å²) in [6.45, 7) is 0. The molecule has 0 aliphatic carbocycles. The van der Waals surface area contributed by atoms with E-state index in [1.807, 2.05) is 12.1 Å². The van der Waals surface area contributed by atoms with Gasteiger partial charge in [0.25, 0.3) is 0 Å². The quantitative estimate of drug-likeness (QED) is 0.521. The molecule has 0 saturated carbocycles. The highest BCUT2D eigenvalue weighted by atomic mass is 31.0. The van der Waals surface area contributed by atoms with Crippen molar-refractivity contribution in [1.82, 2.24) is 0 Å². The Morgan fingerprint density at radius 3 is 2.67 bits per heavy atom. The van der Waals surface area contributed by atoms with E-state index in [4.69, 9.17) is 5.73 Å². The molecule has 0 bridgehead atoms. The first-order valence-electron chi connectivity index (χ1n) is 1.78. The van der Waals surface area contributed by atoms with E-state index in [1.165, 1.54) is 0 Å². The summed E-state index contributed by atoms with van der Waals surface area (Å²) in [7, 11) is 0.741. The van der Waals surface area contributed by atoms with Crippen LogP contribution >= 0.6 is 8.19 Å². The highest BCUT2D eigenvalue weighted by molar-refractivity contribution is 7.33. The van der Waals surface area contributed by atoms with Gasteiger partial charge in [0.05, 0.1) is 0 Å². The molecular weight excluding hydrogens is 93.0 g/mol. The Labute approximate surface area is 38.3 Å². The molecule has 1 aromatic rings. The maximum absolute atomic E-state index is 5.35. The highest BCUT2D eigenvalue weighted by Gasteiger charge is 1.73. The van der Waals surface area contributed by atoms with Crippen LogP contribution in [0.4, 0.5) is 5.42 Å². The van der Waals surface area contributed by atoms with Gasteiger partial charge < -0.3 is 5.73 Å². The summed E-state index contributed by atoms with van der Waals surface area (Å²) in [5.41, 5.74) is 6.34. The minimum Gasteiger partial charge on any atom is -0.396 e. The lowest BCUT2D eigenvalue weighted by Crippen LogP contribution is -1.71. The molecule has 0 fully saturated rings. The fourth-order valence-electron chi connectivity index (χ4n) is 0.344. The Bertz CT molecular complexity index is 111. The highest BCUT2D eigenvalue weighted by Crippen LogP contribution is 2.15. The van der Waals surface area contributed by atoms with Crippen LogP contribution in [0.5, 0.6) is 0 Å². The van der Waals surface area contributed by atoms with Gasteiger partial charge >= 0.3 is 0 Å². The molecule has 1 nitrogen and oxygen atoms in total. The van der Waals surface area contributed by atoms with Gasteiger partial charge in [-0.25, -0.2) is 0 Å². The van der Waals surface area contributed by atoms with Crippen molar-refractivity contribution < 1.29 is 0 Å². The average Bonchev–Trinajstić information content (AvgIpc) is 1.86. The van der Waals surface area contributed by atoms with Crippen LogP contribution in [0.2, 0.25) is 0 Å². The van der Waals surface area contributed by atoms with Crippen molar-refractivity contribution in [3.63, 3.8) is 0 Å². The monoisotopic (exact) mass is 99.0 g/mol. The second-order valence-corrected chi connectivity index (χ2v) is 2.32. The average molecular weight is 99.1 g/mol. The Kier molecular flexibility index (Phi) is 0.849. The largest absolute Gasteiger partial charge is 0.396 e. The summed E-state index contributed by atoms with van der Waals surface area (Å²) in [4.78, 5) is 0. The van der Waals surface area contributed by atoms with Crippen molar-refractivity contribution in [3.8, 4) is 0 Å². The standard InChI is InChI=1S/C4H6NP/c5-4-2-1-3-6-4/h1-3,6H,5H2. The number of rotatable bonds is 0. The number of anilines is 1. The molecule has 0 aliphatic rings. The van der Waals surface area contributed by atoms with Crippen LogP contribution in [0, 0.1) is 0 Å². The second kappa shape index (κ2) is 1.36. The number of hydrogen-bond donors (Lipinski definition) is 1. The lowest BCUT2D eigenvalue weighted by Gasteiger charge is -1.70. The predicted molar refractivity (Wildman–Crippen MR) is 30.4 cm³/mol. The van der Waals surface area contributed by atoms with Crippen LogP contribution in [0.1, 0.15) is 0 Å². The fraction of sp³-hybridized carbons (Fsp3) is 0. The molecule has 1 unspecified atom stereocenters. The Morgan fingerprint density at radius 1 is 1.67 bits per heavy atom. The molecule has 0 spiro atoms. The van der Waals surface area contributed by atoms with Gasteiger partial charge in [0.2, 0.25) is 0 Å². The third-order valence-electron chi connectivity index (χ3n) is 0.622. The molecule has 0 radical (unpaired) electrons. The molecular formula is C4H6NP. The van der Waals surface area contributed by atoms with Crippen LogP contribution in [-0.4, -0.2) is 0 Å². The third-order valence-corrected chi connectivity index (χ3v) is 1.48. The topological polar surface area (TPSA) is 26.0 Å². The van der Waals surface area contributed by atoms with Gasteiger partial charge in [0, 0.05) is 5.42 Å². The van der Waals surface area contributed by atoms with Crippen LogP contribution in [0.15, 0.2) is 17.9 Å². The van der Waals surface area contributed by atoms with E-state index in [9.17, 15) is 0 Å². The van der Waals surface area contributed by atoms with Gasteiger partial charge in [0.1, 0.15) is 0 Å². The number of hydrogen-bond acceptors (Lipinski definition) is 1. The molecule has 0 saturated heterocycles. The van der Waals surface area contributed by atoms with E-state index < -0.39 is 0 Å². The molecule has 6 heavy (non-hydrogen) atoms. The first-order valence-corrected chi connectivity index (χ1v) is 2.86. The second-order valence-electron chi connectivity index (χ2n) is 1.13. The van der Waals surface area contributed by atoms with Gasteiger partial charge in [-0.1, -0.05) is 6.07 Å². The van der Waals surface area contributed by atoms with Crippen LogP contribution in [-0.2, 0) is 0 Å². The molecule has 32 valence electrons. The normalized spacial score (nSPS) is 10.0. The van der Waals surface area contributed by atoms with E-state index in [2.05, 4.69) is 5.80 Å². The summed E-state index contributed by atoms with van der Waals surface area (Å²) in [6.07, 6.45) is 0. The fourth-order valence-corrected chi connectivity index (χ4v) is 0.922. The molecule has 2 heteroatoms. The Morgan fingerprint density at radius 2 is 2.50 bits per heavy atom.